The molecule has 26 heavy (non-hydrogen) atoms. The van der Waals surface area contributed by atoms with Crippen LogP contribution < -0.4 is 10.1 Å². The highest BCUT2D eigenvalue weighted by molar-refractivity contribution is 5.94. The molecule has 1 N–H and O–H groups in total. The van der Waals surface area contributed by atoms with Crippen LogP contribution in [-0.4, -0.2) is 43.1 Å². The molecular weight excluding hydrogens is 324 g/mol. The van der Waals surface area contributed by atoms with E-state index in [9.17, 15) is 4.79 Å². The molecule has 138 valence electrons. The zero-order chi connectivity index (χ0) is 18.2. The van der Waals surface area contributed by atoms with Crippen LogP contribution in [0.3, 0.4) is 0 Å². The van der Waals surface area contributed by atoms with Gasteiger partial charge in [-0.05, 0) is 56.1 Å². The fourth-order valence-electron chi connectivity index (χ4n) is 3.54. The van der Waals surface area contributed by atoms with Crippen molar-refractivity contribution in [1.82, 2.24) is 10.2 Å². The number of para-hydroxylation sites is 1. The summed E-state index contributed by atoms with van der Waals surface area (Å²) in [5.41, 5.74) is 1.83. The molecule has 1 aliphatic heterocycles. The van der Waals surface area contributed by atoms with E-state index in [1.54, 1.807) is 0 Å². The Morgan fingerprint density at radius 1 is 1.15 bits per heavy atom. The lowest BCUT2D eigenvalue weighted by atomic mass is 10.1. The second-order valence-corrected chi connectivity index (χ2v) is 6.72. The summed E-state index contributed by atoms with van der Waals surface area (Å²) in [6, 6.07) is 18.0. The lowest BCUT2D eigenvalue weighted by Crippen LogP contribution is -2.34. The van der Waals surface area contributed by atoms with Gasteiger partial charge in [-0.3, -0.25) is 9.69 Å². The van der Waals surface area contributed by atoms with E-state index in [0.717, 1.165) is 30.9 Å². The Hall–Kier alpha value is -2.33. The molecular formula is C22H28N2O2. The third-order valence-corrected chi connectivity index (χ3v) is 5.02. The molecule has 0 bridgehead atoms. The van der Waals surface area contributed by atoms with Crippen molar-refractivity contribution in [2.24, 2.45) is 0 Å². The van der Waals surface area contributed by atoms with Gasteiger partial charge in [-0.1, -0.05) is 43.3 Å². The predicted octanol–water partition coefficient (Wildman–Crippen LogP) is 3.52. The summed E-state index contributed by atoms with van der Waals surface area (Å²) in [5.74, 6) is 0.901. The van der Waals surface area contributed by atoms with Gasteiger partial charge in [-0.15, -0.1) is 0 Å². The van der Waals surface area contributed by atoms with Crippen molar-refractivity contribution in [2.75, 3.05) is 26.2 Å². The number of benzene rings is 2. The monoisotopic (exact) mass is 352 g/mol. The number of ether oxygens (including phenoxy) is 1. The first-order valence-electron chi connectivity index (χ1n) is 9.56. The van der Waals surface area contributed by atoms with E-state index in [1.165, 1.54) is 19.4 Å². The lowest BCUT2D eigenvalue weighted by Gasteiger charge is -2.23. The molecule has 1 amide bonds. The fourth-order valence-corrected chi connectivity index (χ4v) is 3.54. The summed E-state index contributed by atoms with van der Waals surface area (Å²) in [6.07, 6.45) is 3.23. The molecule has 0 radical (unpaired) electrons. The van der Waals surface area contributed by atoms with Crippen molar-refractivity contribution < 1.29 is 9.53 Å². The van der Waals surface area contributed by atoms with Crippen LogP contribution in [0.1, 0.15) is 35.7 Å². The number of carbonyl (C=O) groups is 1. The largest absolute Gasteiger partial charge is 0.492 e. The van der Waals surface area contributed by atoms with Crippen LogP contribution in [0.4, 0.5) is 0 Å². The van der Waals surface area contributed by atoms with Gasteiger partial charge in [0, 0.05) is 18.2 Å². The Balaban J connectivity index is 1.51. The van der Waals surface area contributed by atoms with Crippen LogP contribution >= 0.6 is 0 Å². The maximum atomic E-state index is 12.1. The normalized spacial score (nSPS) is 17.2. The van der Waals surface area contributed by atoms with Gasteiger partial charge in [0.15, 0.2) is 0 Å². The van der Waals surface area contributed by atoms with Gasteiger partial charge in [0.1, 0.15) is 12.4 Å². The summed E-state index contributed by atoms with van der Waals surface area (Å²) in [4.78, 5) is 14.6. The van der Waals surface area contributed by atoms with Gasteiger partial charge < -0.3 is 10.1 Å². The van der Waals surface area contributed by atoms with E-state index in [4.69, 9.17) is 4.74 Å². The molecule has 0 aliphatic carbocycles. The van der Waals surface area contributed by atoms with Gasteiger partial charge in [-0.2, -0.15) is 0 Å². The quantitative estimate of drug-likeness (QED) is 0.790. The van der Waals surface area contributed by atoms with E-state index in [1.807, 2.05) is 48.5 Å². The van der Waals surface area contributed by atoms with Gasteiger partial charge >= 0.3 is 0 Å². The maximum absolute atomic E-state index is 12.1. The van der Waals surface area contributed by atoms with Crippen molar-refractivity contribution >= 4 is 5.91 Å². The summed E-state index contributed by atoms with van der Waals surface area (Å²) < 4.78 is 6.14. The second-order valence-electron chi connectivity index (χ2n) is 6.72. The van der Waals surface area contributed by atoms with Crippen LogP contribution in [-0.2, 0) is 6.42 Å². The molecule has 1 atom stereocenters. The minimum Gasteiger partial charge on any atom is -0.492 e. The third-order valence-electron chi connectivity index (χ3n) is 5.02. The van der Waals surface area contributed by atoms with Gasteiger partial charge in [0.05, 0.1) is 0 Å². The Morgan fingerprint density at radius 3 is 2.73 bits per heavy atom. The number of carbonyl (C=O) groups excluding carboxylic acids is 1. The van der Waals surface area contributed by atoms with E-state index < -0.39 is 0 Å². The van der Waals surface area contributed by atoms with E-state index in [0.29, 0.717) is 18.2 Å². The molecule has 0 saturated carbocycles. The Kier molecular flexibility index (Phi) is 6.67. The molecule has 4 nitrogen and oxygen atoms in total. The zero-order valence-corrected chi connectivity index (χ0v) is 15.5. The van der Waals surface area contributed by atoms with Crippen LogP contribution in [0.25, 0.3) is 0 Å². The van der Waals surface area contributed by atoms with Crippen molar-refractivity contribution in [3.05, 3.63) is 65.7 Å². The summed E-state index contributed by atoms with van der Waals surface area (Å²) in [5, 5.41) is 2.99. The summed E-state index contributed by atoms with van der Waals surface area (Å²) >= 11 is 0. The predicted molar refractivity (Wildman–Crippen MR) is 105 cm³/mol. The highest BCUT2D eigenvalue weighted by Gasteiger charge is 2.23. The second kappa shape index (κ2) is 9.39. The first kappa shape index (κ1) is 18.5. The number of nitrogens with one attached hydrogen (secondary N) is 1. The Labute approximate surface area is 156 Å². The molecule has 1 fully saturated rings. The van der Waals surface area contributed by atoms with Crippen molar-refractivity contribution in [2.45, 2.75) is 32.2 Å². The average Bonchev–Trinajstić information content (AvgIpc) is 3.15. The minimum absolute atomic E-state index is 0.0338. The zero-order valence-electron chi connectivity index (χ0n) is 15.5. The molecule has 1 saturated heterocycles. The number of nitrogens with zero attached hydrogens (tertiary/aromatic N) is 1. The highest BCUT2D eigenvalue weighted by atomic mass is 16.5. The van der Waals surface area contributed by atoms with Crippen molar-refractivity contribution in [3.8, 4) is 5.75 Å². The molecule has 2 aromatic rings. The van der Waals surface area contributed by atoms with E-state index in [-0.39, 0.29) is 5.91 Å². The average molecular weight is 352 g/mol. The van der Waals surface area contributed by atoms with Crippen LogP contribution in [0.15, 0.2) is 54.6 Å². The standard InChI is InChI=1S/C22H28N2O2/c1-2-24-16-8-12-20(24)17-26-21-13-7-6-9-18(21)14-15-23-22(25)19-10-4-3-5-11-19/h3-7,9-11,13,20H,2,8,12,14-17H2,1H3,(H,23,25). The van der Waals surface area contributed by atoms with Gasteiger partial charge in [-0.25, -0.2) is 0 Å². The molecule has 1 heterocycles. The Bertz CT molecular complexity index is 702. The molecule has 1 unspecified atom stereocenters. The van der Waals surface area contributed by atoms with Crippen LogP contribution in [0.5, 0.6) is 5.75 Å². The highest BCUT2D eigenvalue weighted by Crippen LogP contribution is 2.22. The first-order chi connectivity index (χ1) is 12.8. The topological polar surface area (TPSA) is 41.6 Å². The SMILES string of the molecule is CCN1CCCC1COc1ccccc1CCNC(=O)c1ccccc1. The van der Waals surface area contributed by atoms with Gasteiger partial charge in [0.2, 0.25) is 0 Å². The van der Waals surface area contributed by atoms with Gasteiger partial charge in [0.25, 0.3) is 5.91 Å². The first-order valence-corrected chi connectivity index (χ1v) is 9.56. The lowest BCUT2D eigenvalue weighted by molar-refractivity contribution is 0.0954. The number of likely N-dealkylation sites (N-methyl/N-ethyl adjacent to an activating group) is 1. The van der Waals surface area contributed by atoms with Crippen LogP contribution in [0.2, 0.25) is 0 Å². The molecule has 0 spiro atoms. The van der Waals surface area contributed by atoms with E-state index >= 15 is 0 Å². The van der Waals surface area contributed by atoms with E-state index in [2.05, 4.69) is 23.2 Å². The molecule has 4 heteroatoms. The smallest absolute Gasteiger partial charge is 0.251 e. The number of hydrogen-bond acceptors (Lipinski definition) is 3. The van der Waals surface area contributed by atoms with Crippen molar-refractivity contribution in [3.63, 3.8) is 0 Å². The van der Waals surface area contributed by atoms with Crippen molar-refractivity contribution in [1.29, 1.82) is 0 Å². The fraction of sp³-hybridized carbons (Fsp3) is 0.409. The minimum atomic E-state index is -0.0338. The molecule has 2 aromatic carbocycles. The van der Waals surface area contributed by atoms with Crippen LogP contribution in [0, 0.1) is 0 Å². The Morgan fingerprint density at radius 2 is 1.92 bits per heavy atom. The third kappa shape index (κ3) is 4.85. The summed E-state index contributed by atoms with van der Waals surface area (Å²) in [7, 11) is 0. The molecule has 3 rings (SSSR count). The number of likely N-dealkylation sites (tertiary alicyclic amines) is 1. The maximum Gasteiger partial charge on any atom is 0.251 e. The number of hydrogen-bond donors (Lipinski definition) is 1. The molecule has 0 aromatic heterocycles. The number of amides is 1. The summed E-state index contributed by atoms with van der Waals surface area (Å²) in [6.45, 7) is 5.81. The molecule has 1 aliphatic rings. The number of rotatable bonds is 8.